The standard InChI is InChI=1S/C22H19F3N4O3/c1-12(15-3-2-4-16(18(15)23)19(24)25)28-21(31)13-9-17(20-26-11-27-29(20)10-13)22(32)7-5-14(30)6-8-22/h2-5,7,9-12,19,32H,6,8H2,1H3,(H,28,31)/t12-,22?/m1/s1. The second kappa shape index (κ2) is 8.19. The Kier molecular flexibility index (Phi) is 5.55. The highest BCUT2D eigenvalue weighted by molar-refractivity contribution is 5.95. The lowest BCUT2D eigenvalue weighted by atomic mass is 9.84. The van der Waals surface area contributed by atoms with E-state index < -0.39 is 35.4 Å². The summed E-state index contributed by atoms with van der Waals surface area (Å²) in [5.74, 6) is -1.82. The molecule has 32 heavy (non-hydrogen) atoms. The molecule has 2 N–H and O–H groups in total. The summed E-state index contributed by atoms with van der Waals surface area (Å²) in [6.45, 7) is 1.48. The van der Waals surface area contributed by atoms with Crippen LogP contribution in [0.25, 0.3) is 5.65 Å². The van der Waals surface area contributed by atoms with Crippen LogP contribution in [0.2, 0.25) is 0 Å². The van der Waals surface area contributed by atoms with Crippen LogP contribution in [0.4, 0.5) is 13.2 Å². The van der Waals surface area contributed by atoms with E-state index in [1.54, 1.807) is 0 Å². The zero-order valence-corrected chi connectivity index (χ0v) is 16.9. The molecule has 2 atom stereocenters. The van der Waals surface area contributed by atoms with Gasteiger partial charge in [0.15, 0.2) is 11.4 Å². The highest BCUT2D eigenvalue weighted by Gasteiger charge is 2.34. The maximum absolute atomic E-state index is 14.5. The molecule has 4 rings (SSSR count). The van der Waals surface area contributed by atoms with Crippen LogP contribution in [0.3, 0.4) is 0 Å². The van der Waals surface area contributed by atoms with E-state index in [1.165, 1.54) is 54.3 Å². The van der Waals surface area contributed by atoms with Crippen molar-refractivity contribution < 1.29 is 27.9 Å². The molecule has 10 heteroatoms. The number of fused-ring (bicyclic) bond motifs is 1. The number of rotatable bonds is 5. The monoisotopic (exact) mass is 444 g/mol. The number of nitrogens with zero attached hydrogens (tertiary/aromatic N) is 3. The first-order chi connectivity index (χ1) is 15.2. The molecule has 1 aliphatic carbocycles. The molecule has 0 aliphatic heterocycles. The van der Waals surface area contributed by atoms with Crippen LogP contribution in [0.15, 0.2) is 48.9 Å². The first kappa shape index (κ1) is 21.7. The van der Waals surface area contributed by atoms with Crippen LogP contribution in [0.1, 0.15) is 59.3 Å². The number of alkyl halides is 2. The topological polar surface area (TPSA) is 96.6 Å². The Balaban J connectivity index is 1.67. The number of hydrogen-bond acceptors (Lipinski definition) is 5. The number of pyridine rings is 1. The second-order valence-corrected chi connectivity index (χ2v) is 7.64. The van der Waals surface area contributed by atoms with Gasteiger partial charge in [-0.15, -0.1) is 0 Å². The molecule has 0 saturated carbocycles. The summed E-state index contributed by atoms with van der Waals surface area (Å²) in [5, 5.41) is 17.7. The molecule has 2 aromatic heterocycles. The number of hydrogen-bond donors (Lipinski definition) is 2. The van der Waals surface area contributed by atoms with Crippen LogP contribution in [0.5, 0.6) is 0 Å². The van der Waals surface area contributed by atoms with Gasteiger partial charge in [0, 0.05) is 23.7 Å². The predicted octanol–water partition coefficient (Wildman–Crippen LogP) is 3.40. The Morgan fingerprint density at radius 1 is 1.31 bits per heavy atom. The number of benzene rings is 1. The second-order valence-electron chi connectivity index (χ2n) is 7.64. The van der Waals surface area contributed by atoms with E-state index >= 15 is 0 Å². The summed E-state index contributed by atoms with van der Waals surface area (Å²) in [6, 6.07) is 4.13. The molecule has 1 unspecified atom stereocenters. The van der Waals surface area contributed by atoms with E-state index in [4.69, 9.17) is 0 Å². The van der Waals surface area contributed by atoms with Gasteiger partial charge in [0.1, 0.15) is 17.7 Å². The summed E-state index contributed by atoms with van der Waals surface area (Å²) >= 11 is 0. The highest BCUT2D eigenvalue weighted by Crippen LogP contribution is 2.34. The van der Waals surface area contributed by atoms with Crippen molar-refractivity contribution in [3.63, 3.8) is 0 Å². The Hall–Kier alpha value is -3.53. The fourth-order valence-electron chi connectivity index (χ4n) is 3.73. The van der Waals surface area contributed by atoms with Crippen LogP contribution in [-0.4, -0.2) is 31.4 Å². The summed E-state index contributed by atoms with van der Waals surface area (Å²) in [6.07, 6.45) is 2.54. The number of halogens is 3. The van der Waals surface area contributed by atoms with Crippen molar-refractivity contribution >= 4 is 17.3 Å². The smallest absolute Gasteiger partial charge is 0.266 e. The number of carbonyl (C=O) groups is 2. The minimum atomic E-state index is -2.98. The molecule has 1 aliphatic rings. The predicted molar refractivity (Wildman–Crippen MR) is 108 cm³/mol. The zero-order chi connectivity index (χ0) is 23.0. The molecule has 1 amide bonds. The minimum absolute atomic E-state index is 0.0782. The molecule has 1 aromatic carbocycles. The molecule has 2 heterocycles. The van der Waals surface area contributed by atoms with Crippen molar-refractivity contribution in [1.29, 1.82) is 0 Å². The first-order valence-corrected chi connectivity index (χ1v) is 9.85. The van der Waals surface area contributed by atoms with Crippen molar-refractivity contribution in [2.24, 2.45) is 0 Å². The van der Waals surface area contributed by atoms with Gasteiger partial charge in [-0.1, -0.05) is 18.2 Å². The van der Waals surface area contributed by atoms with E-state index in [9.17, 15) is 27.9 Å². The molecule has 3 aromatic rings. The lowest BCUT2D eigenvalue weighted by Crippen LogP contribution is -2.31. The largest absolute Gasteiger partial charge is 0.381 e. The van der Waals surface area contributed by atoms with Crippen LogP contribution < -0.4 is 5.32 Å². The molecule has 0 radical (unpaired) electrons. The SMILES string of the molecule is C[C@@H](NC(=O)c1cc(C2(O)C=CC(=O)CC2)c2ncnn2c1)c1cccc(C(F)F)c1F. The number of amides is 1. The first-order valence-electron chi connectivity index (χ1n) is 9.85. The normalized spacial score (nSPS) is 19.5. The summed E-state index contributed by atoms with van der Waals surface area (Å²) in [4.78, 5) is 28.6. The van der Waals surface area contributed by atoms with Crippen molar-refractivity contribution in [1.82, 2.24) is 19.9 Å². The van der Waals surface area contributed by atoms with Crippen molar-refractivity contribution in [2.45, 2.75) is 37.8 Å². The molecule has 7 nitrogen and oxygen atoms in total. The fraction of sp³-hybridized carbons (Fsp3) is 0.273. The maximum Gasteiger partial charge on any atom is 0.266 e. The lowest BCUT2D eigenvalue weighted by Gasteiger charge is -2.28. The third-order valence-corrected chi connectivity index (χ3v) is 5.51. The van der Waals surface area contributed by atoms with Gasteiger partial charge in [0.2, 0.25) is 0 Å². The van der Waals surface area contributed by atoms with Gasteiger partial charge in [-0.3, -0.25) is 9.59 Å². The van der Waals surface area contributed by atoms with E-state index in [0.29, 0.717) is 5.65 Å². The quantitative estimate of drug-likeness (QED) is 0.629. The average molecular weight is 444 g/mol. The van der Waals surface area contributed by atoms with Crippen LogP contribution >= 0.6 is 0 Å². The van der Waals surface area contributed by atoms with Gasteiger partial charge < -0.3 is 10.4 Å². The Labute approximate surface area is 180 Å². The lowest BCUT2D eigenvalue weighted by molar-refractivity contribution is -0.116. The van der Waals surface area contributed by atoms with Crippen molar-refractivity contribution in [3.8, 4) is 0 Å². The number of allylic oxidation sites excluding steroid dienone is 1. The average Bonchev–Trinajstić information content (AvgIpc) is 3.23. The zero-order valence-electron chi connectivity index (χ0n) is 16.9. The Bertz CT molecular complexity index is 1240. The number of aliphatic hydroxyl groups is 1. The van der Waals surface area contributed by atoms with E-state index in [2.05, 4.69) is 15.4 Å². The van der Waals surface area contributed by atoms with Gasteiger partial charge in [0.25, 0.3) is 12.3 Å². The fourth-order valence-corrected chi connectivity index (χ4v) is 3.73. The summed E-state index contributed by atoms with van der Waals surface area (Å²) < 4.78 is 41.8. The number of ketones is 1. The van der Waals surface area contributed by atoms with Gasteiger partial charge in [0.05, 0.1) is 17.2 Å². The summed E-state index contributed by atoms with van der Waals surface area (Å²) in [5.41, 5.74) is -1.66. The molecule has 166 valence electrons. The highest BCUT2D eigenvalue weighted by atomic mass is 19.3. The van der Waals surface area contributed by atoms with E-state index in [1.807, 2.05) is 0 Å². The minimum Gasteiger partial charge on any atom is -0.381 e. The molecule has 0 bridgehead atoms. The van der Waals surface area contributed by atoms with E-state index in [-0.39, 0.29) is 35.3 Å². The Morgan fingerprint density at radius 3 is 2.75 bits per heavy atom. The summed E-state index contributed by atoms with van der Waals surface area (Å²) in [7, 11) is 0. The third-order valence-electron chi connectivity index (χ3n) is 5.51. The van der Waals surface area contributed by atoms with Crippen molar-refractivity contribution in [2.75, 3.05) is 0 Å². The molecule has 0 spiro atoms. The van der Waals surface area contributed by atoms with Gasteiger partial charge >= 0.3 is 0 Å². The number of nitrogens with one attached hydrogen (secondary N) is 1. The van der Waals surface area contributed by atoms with Gasteiger partial charge in [-0.2, -0.15) is 5.10 Å². The van der Waals surface area contributed by atoms with Crippen LogP contribution in [0, 0.1) is 5.82 Å². The third kappa shape index (κ3) is 3.89. The van der Waals surface area contributed by atoms with E-state index in [0.717, 1.165) is 6.07 Å². The molecule has 0 saturated heterocycles. The molecule has 0 fully saturated rings. The van der Waals surface area contributed by atoms with Crippen molar-refractivity contribution in [3.05, 3.63) is 77.0 Å². The molecular formula is C22H19F3N4O3. The molecular weight excluding hydrogens is 425 g/mol. The Morgan fingerprint density at radius 2 is 2.06 bits per heavy atom. The van der Waals surface area contributed by atoms with Gasteiger partial charge in [-0.25, -0.2) is 22.7 Å². The van der Waals surface area contributed by atoms with Gasteiger partial charge in [-0.05, 0) is 31.6 Å². The maximum atomic E-state index is 14.5. The number of carbonyl (C=O) groups excluding carboxylic acids is 2. The van der Waals surface area contributed by atoms with Crippen LogP contribution in [-0.2, 0) is 10.4 Å². The number of aromatic nitrogens is 3.